The zero-order valence-electron chi connectivity index (χ0n) is 17.0. The molecule has 1 amide bonds. The van der Waals surface area contributed by atoms with Crippen molar-refractivity contribution in [3.63, 3.8) is 0 Å². The number of anilines is 1. The quantitative estimate of drug-likeness (QED) is 0.785. The number of rotatable bonds is 6. The SMILES string of the molecule is C[C@H](CO)NC(=O)c1cnc2c(N3CCC4(CC3)CC4)cc(OC3CC3)cc2c1. The number of carbonyl (C=O) groups is 1. The molecule has 2 N–H and O–H groups in total. The molecule has 2 saturated carbocycles. The van der Waals surface area contributed by atoms with Crippen LogP contribution in [0.4, 0.5) is 5.69 Å². The van der Waals surface area contributed by atoms with E-state index >= 15 is 0 Å². The van der Waals surface area contributed by atoms with Gasteiger partial charge in [-0.2, -0.15) is 0 Å². The average molecular weight is 396 g/mol. The van der Waals surface area contributed by atoms with Crippen molar-refractivity contribution in [2.24, 2.45) is 5.41 Å². The second-order valence-corrected chi connectivity index (χ2v) is 9.10. The van der Waals surface area contributed by atoms with Gasteiger partial charge in [0.25, 0.3) is 5.91 Å². The zero-order valence-corrected chi connectivity index (χ0v) is 17.0. The highest BCUT2D eigenvalue weighted by Gasteiger charge is 2.44. The molecule has 3 fully saturated rings. The fourth-order valence-corrected chi connectivity index (χ4v) is 4.27. The molecule has 1 atom stereocenters. The minimum atomic E-state index is -0.290. The van der Waals surface area contributed by atoms with Crippen LogP contribution in [0, 0.1) is 5.41 Å². The number of piperidine rings is 1. The molecule has 1 aliphatic heterocycles. The molecule has 6 nitrogen and oxygen atoms in total. The molecule has 1 spiro atoms. The molecule has 2 aliphatic carbocycles. The second kappa shape index (κ2) is 7.17. The highest BCUT2D eigenvalue weighted by atomic mass is 16.5. The first-order chi connectivity index (χ1) is 14.0. The minimum Gasteiger partial charge on any atom is -0.490 e. The lowest BCUT2D eigenvalue weighted by Crippen LogP contribution is -2.35. The van der Waals surface area contributed by atoms with E-state index < -0.39 is 0 Å². The Morgan fingerprint density at radius 2 is 2.03 bits per heavy atom. The van der Waals surface area contributed by atoms with Crippen LogP contribution in [0.3, 0.4) is 0 Å². The number of carbonyl (C=O) groups excluding carboxylic acids is 1. The van der Waals surface area contributed by atoms with E-state index in [1.165, 1.54) is 25.7 Å². The standard InChI is InChI=1S/C23H29N3O3/c1-15(14-27)25-22(28)17-10-16-11-19(29-18-2-3-18)12-20(21(16)24-13-17)26-8-6-23(4-5-23)7-9-26/h10-13,15,18,27H,2-9,14H2,1H3,(H,25,28)/t15-/m1/s1. The van der Waals surface area contributed by atoms with Crippen molar-refractivity contribution < 1.29 is 14.6 Å². The lowest BCUT2D eigenvalue weighted by atomic mass is 9.93. The Hall–Kier alpha value is -2.34. The molecule has 0 unspecified atom stereocenters. The van der Waals surface area contributed by atoms with Crippen molar-refractivity contribution in [2.75, 3.05) is 24.6 Å². The number of aliphatic hydroxyl groups excluding tert-OH is 1. The number of pyridine rings is 1. The summed E-state index contributed by atoms with van der Waals surface area (Å²) >= 11 is 0. The Morgan fingerprint density at radius 1 is 1.28 bits per heavy atom. The van der Waals surface area contributed by atoms with Crippen molar-refractivity contribution in [1.29, 1.82) is 0 Å². The Balaban J connectivity index is 1.48. The molecule has 1 aromatic carbocycles. The van der Waals surface area contributed by atoms with Gasteiger partial charge in [0.15, 0.2) is 0 Å². The monoisotopic (exact) mass is 395 g/mol. The van der Waals surface area contributed by atoms with Gasteiger partial charge in [-0.15, -0.1) is 0 Å². The van der Waals surface area contributed by atoms with Gasteiger partial charge in [-0.25, -0.2) is 0 Å². The number of benzene rings is 1. The molecule has 29 heavy (non-hydrogen) atoms. The van der Waals surface area contributed by atoms with Crippen molar-refractivity contribution in [1.82, 2.24) is 10.3 Å². The molecular formula is C23H29N3O3. The Morgan fingerprint density at radius 3 is 2.69 bits per heavy atom. The number of hydrogen-bond donors (Lipinski definition) is 2. The van der Waals surface area contributed by atoms with E-state index in [4.69, 9.17) is 4.74 Å². The number of nitrogens with zero attached hydrogens (tertiary/aromatic N) is 2. The summed E-state index contributed by atoms with van der Waals surface area (Å²) in [6, 6.07) is 5.73. The van der Waals surface area contributed by atoms with E-state index in [2.05, 4.69) is 21.3 Å². The van der Waals surface area contributed by atoms with Gasteiger partial charge in [0, 0.05) is 36.8 Å². The molecule has 6 heteroatoms. The van der Waals surface area contributed by atoms with Gasteiger partial charge in [-0.3, -0.25) is 9.78 Å². The predicted molar refractivity (Wildman–Crippen MR) is 113 cm³/mol. The maximum absolute atomic E-state index is 12.5. The van der Waals surface area contributed by atoms with Crippen LogP contribution < -0.4 is 15.0 Å². The Kier molecular flexibility index (Phi) is 4.62. The zero-order chi connectivity index (χ0) is 20.0. The van der Waals surface area contributed by atoms with Crippen LogP contribution in [0.2, 0.25) is 0 Å². The second-order valence-electron chi connectivity index (χ2n) is 9.10. The van der Waals surface area contributed by atoms with Crippen molar-refractivity contribution in [3.05, 3.63) is 30.0 Å². The summed E-state index contributed by atoms with van der Waals surface area (Å²) in [6.45, 7) is 3.79. The summed E-state index contributed by atoms with van der Waals surface area (Å²) < 4.78 is 6.11. The normalized spacial score (nSPS) is 21.2. The fraction of sp³-hybridized carbons (Fsp3) is 0.565. The summed E-state index contributed by atoms with van der Waals surface area (Å²) in [7, 11) is 0. The van der Waals surface area contributed by atoms with Gasteiger partial charge in [-0.05, 0) is 63.0 Å². The van der Waals surface area contributed by atoms with Crippen molar-refractivity contribution in [2.45, 2.75) is 57.6 Å². The van der Waals surface area contributed by atoms with Crippen LogP contribution in [0.5, 0.6) is 5.75 Å². The van der Waals surface area contributed by atoms with Gasteiger partial charge in [0.1, 0.15) is 5.75 Å². The number of aromatic nitrogens is 1. The largest absolute Gasteiger partial charge is 0.490 e. The van der Waals surface area contributed by atoms with E-state index in [0.29, 0.717) is 17.1 Å². The number of aliphatic hydroxyl groups is 1. The third-order valence-electron chi connectivity index (χ3n) is 6.60. The smallest absolute Gasteiger partial charge is 0.253 e. The molecule has 154 valence electrons. The van der Waals surface area contributed by atoms with E-state index in [1.807, 2.05) is 12.1 Å². The molecule has 1 saturated heterocycles. The first-order valence-electron chi connectivity index (χ1n) is 10.8. The van der Waals surface area contributed by atoms with Crippen LogP contribution in [0.15, 0.2) is 24.4 Å². The van der Waals surface area contributed by atoms with Crippen molar-refractivity contribution in [3.8, 4) is 5.75 Å². The number of amides is 1. The minimum absolute atomic E-state index is 0.0905. The molecule has 3 aliphatic rings. The van der Waals surface area contributed by atoms with Gasteiger partial charge in [0.2, 0.25) is 0 Å². The third kappa shape index (κ3) is 3.90. The molecule has 2 aromatic rings. The topological polar surface area (TPSA) is 74.7 Å². The van der Waals surface area contributed by atoms with Gasteiger partial charge >= 0.3 is 0 Å². The molecule has 0 radical (unpaired) electrons. The number of hydrogen-bond acceptors (Lipinski definition) is 5. The van der Waals surface area contributed by atoms with Crippen LogP contribution in [-0.2, 0) is 0 Å². The van der Waals surface area contributed by atoms with Crippen LogP contribution in [0.25, 0.3) is 10.9 Å². The summed E-state index contributed by atoms with van der Waals surface area (Å²) in [5.41, 5.74) is 3.16. The third-order valence-corrected chi connectivity index (χ3v) is 6.60. The first-order valence-corrected chi connectivity index (χ1v) is 10.8. The average Bonchev–Trinajstić information content (AvgIpc) is 3.66. The van der Waals surface area contributed by atoms with Gasteiger partial charge in [-0.1, -0.05) is 0 Å². The first kappa shape index (κ1) is 18.7. The van der Waals surface area contributed by atoms with E-state index in [1.54, 1.807) is 13.1 Å². The van der Waals surface area contributed by atoms with Gasteiger partial charge in [0.05, 0.1) is 29.5 Å². The van der Waals surface area contributed by atoms with E-state index in [-0.39, 0.29) is 18.6 Å². The van der Waals surface area contributed by atoms with E-state index in [9.17, 15) is 9.90 Å². The summed E-state index contributed by atoms with van der Waals surface area (Å²) in [5, 5.41) is 12.9. The van der Waals surface area contributed by atoms with Crippen LogP contribution >= 0.6 is 0 Å². The summed E-state index contributed by atoms with van der Waals surface area (Å²) in [5.74, 6) is 0.648. The summed E-state index contributed by atoms with van der Waals surface area (Å²) in [6.07, 6.45) is 9.45. The summed E-state index contributed by atoms with van der Waals surface area (Å²) in [4.78, 5) is 19.6. The molecule has 1 aromatic heterocycles. The fourth-order valence-electron chi connectivity index (χ4n) is 4.27. The lowest BCUT2D eigenvalue weighted by Gasteiger charge is -2.34. The molecule has 5 rings (SSSR count). The van der Waals surface area contributed by atoms with Crippen molar-refractivity contribution >= 4 is 22.5 Å². The number of fused-ring (bicyclic) bond motifs is 1. The predicted octanol–water partition coefficient (Wildman–Crippen LogP) is 3.27. The number of ether oxygens (including phenoxy) is 1. The van der Waals surface area contributed by atoms with Crippen LogP contribution in [0.1, 0.15) is 55.8 Å². The highest BCUT2D eigenvalue weighted by molar-refractivity contribution is 6.00. The molecule has 2 heterocycles. The van der Waals surface area contributed by atoms with E-state index in [0.717, 1.165) is 48.3 Å². The molecule has 0 bridgehead atoms. The number of nitrogens with one attached hydrogen (secondary N) is 1. The highest BCUT2D eigenvalue weighted by Crippen LogP contribution is 2.54. The molecular weight excluding hydrogens is 366 g/mol. The van der Waals surface area contributed by atoms with Gasteiger partial charge < -0.3 is 20.1 Å². The maximum Gasteiger partial charge on any atom is 0.253 e. The Bertz CT molecular complexity index is 926. The lowest BCUT2D eigenvalue weighted by molar-refractivity contribution is 0.0922. The van der Waals surface area contributed by atoms with Crippen LogP contribution in [-0.4, -0.2) is 47.8 Å². The maximum atomic E-state index is 12.5. The Labute approximate surface area is 171 Å².